The summed E-state index contributed by atoms with van der Waals surface area (Å²) in [6.07, 6.45) is 0.908. The van der Waals surface area contributed by atoms with E-state index in [0.29, 0.717) is 12.5 Å². The van der Waals surface area contributed by atoms with Crippen LogP contribution in [0.2, 0.25) is 0 Å². The van der Waals surface area contributed by atoms with E-state index in [2.05, 4.69) is 15.6 Å². The Hall–Kier alpha value is -1.09. The van der Waals surface area contributed by atoms with Crippen molar-refractivity contribution in [1.82, 2.24) is 10.6 Å². The Labute approximate surface area is 148 Å². The number of methoxy groups -OCH3 is 1. The maximum atomic E-state index is 13.6. The van der Waals surface area contributed by atoms with Crippen LogP contribution in [0.1, 0.15) is 18.9 Å². The summed E-state index contributed by atoms with van der Waals surface area (Å²) in [6.45, 7) is 4.70. The number of halogens is 2. The zero-order valence-corrected chi connectivity index (χ0v) is 15.6. The first-order valence-corrected chi connectivity index (χ1v) is 7.06. The number of hydrogen-bond donors (Lipinski definition) is 2. The molecule has 0 amide bonds. The van der Waals surface area contributed by atoms with Crippen molar-refractivity contribution in [3.63, 3.8) is 0 Å². The number of aliphatic imine (C=N–C) groups is 1. The molecule has 126 valence electrons. The first-order chi connectivity index (χ1) is 10.2. The number of hydrogen-bond acceptors (Lipinski definition) is 3. The molecule has 0 atom stereocenters. The summed E-state index contributed by atoms with van der Waals surface area (Å²) < 4.78 is 23.7. The first-order valence-electron chi connectivity index (χ1n) is 7.06. The molecule has 0 aliphatic heterocycles. The molecule has 1 aromatic carbocycles. The Balaban J connectivity index is 0.00000441. The molecular formula is C15H25FIN3O2. The lowest BCUT2D eigenvalue weighted by Crippen LogP contribution is -2.37. The number of benzene rings is 1. The number of nitrogens with one attached hydrogen (secondary N) is 2. The van der Waals surface area contributed by atoms with E-state index in [1.165, 1.54) is 13.2 Å². The monoisotopic (exact) mass is 425 g/mol. The van der Waals surface area contributed by atoms with E-state index in [1.54, 1.807) is 13.1 Å². The van der Waals surface area contributed by atoms with E-state index >= 15 is 0 Å². The van der Waals surface area contributed by atoms with Crippen molar-refractivity contribution in [2.45, 2.75) is 19.9 Å². The van der Waals surface area contributed by atoms with E-state index in [1.807, 2.05) is 13.0 Å². The highest BCUT2D eigenvalue weighted by molar-refractivity contribution is 14.0. The molecule has 5 nitrogen and oxygen atoms in total. The Morgan fingerprint density at radius 2 is 2.09 bits per heavy atom. The maximum Gasteiger partial charge on any atom is 0.191 e. The summed E-state index contributed by atoms with van der Waals surface area (Å²) in [4.78, 5) is 4.11. The summed E-state index contributed by atoms with van der Waals surface area (Å²) in [5, 5.41) is 6.31. The molecule has 2 N–H and O–H groups in total. The van der Waals surface area contributed by atoms with Gasteiger partial charge in [-0.3, -0.25) is 4.99 Å². The molecule has 0 radical (unpaired) electrons. The second-order valence-corrected chi connectivity index (χ2v) is 4.37. The lowest BCUT2D eigenvalue weighted by molar-refractivity contribution is 0.145. The smallest absolute Gasteiger partial charge is 0.191 e. The van der Waals surface area contributed by atoms with E-state index in [9.17, 15) is 4.39 Å². The molecule has 0 spiro atoms. The molecule has 0 aromatic heterocycles. The van der Waals surface area contributed by atoms with Gasteiger partial charge in [-0.2, -0.15) is 0 Å². The van der Waals surface area contributed by atoms with Gasteiger partial charge < -0.3 is 20.1 Å². The molecule has 0 unspecified atom stereocenters. The largest absolute Gasteiger partial charge is 0.494 e. The van der Waals surface area contributed by atoms with Crippen LogP contribution in [0.5, 0.6) is 5.75 Å². The molecule has 0 saturated heterocycles. The fourth-order valence-electron chi connectivity index (χ4n) is 1.75. The van der Waals surface area contributed by atoms with Crippen LogP contribution in [0.4, 0.5) is 4.39 Å². The Morgan fingerprint density at radius 3 is 2.68 bits per heavy atom. The average Bonchev–Trinajstić information content (AvgIpc) is 2.50. The zero-order chi connectivity index (χ0) is 15.5. The summed E-state index contributed by atoms with van der Waals surface area (Å²) in [6, 6.07) is 4.89. The normalized spacial score (nSPS) is 10.8. The molecule has 1 rings (SSSR count). The molecule has 1 aromatic rings. The van der Waals surface area contributed by atoms with Crippen LogP contribution < -0.4 is 15.4 Å². The minimum atomic E-state index is -0.364. The molecule has 0 fully saturated rings. The predicted octanol–water partition coefficient (Wildman–Crippen LogP) is 2.54. The molecule has 0 aliphatic rings. The third-order valence-electron chi connectivity index (χ3n) is 2.86. The van der Waals surface area contributed by atoms with Gasteiger partial charge in [0.05, 0.1) is 7.11 Å². The fraction of sp³-hybridized carbons (Fsp3) is 0.533. The standard InChI is InChI=1S/C15H24FN3O2.HI/c1-4-21-9-5-8-18-15(17-2)19-11-12-6-7-14(20-3)13(16)10-12;/h6-7,10H,4-5,8-9,11H2,1-3H3,(H2,17,18,19);1H. The first kappa shape index (κ1) is 20.9. The van der Waals surface area contributed by atoms with Gasteiger partial charge in [-0.25, -0.2) is 4.39 Å². The van der Waals surface area contributed by atoms with Gasteiger partial charge in [-0.05, 0) is 31.0 Å². The molecule has 22 heavy (non-hydrogen) atoms. The van der Waals surface area contributed by atoms with Crippen LogP contribution in [0.15, 0.2) is 23.2 Å². The molecule has 0 aliphatic carbocycles. The van der Waals surface area contributed by atoms with Crippen molar-refractivity contribution in [3.05, 3.63) is 29.6 Å². The number of nitrogens with zero attached hydrogens (tertiary/aromatic N) is 1. The van der Waals surface area contributed by atoms with Crippen LogP contribution >= 0.6 is 24.0 Å². The van der Waals surface area contributed by atoms with Crippen LogP contribution in [0, 0.1) is 5.82 Å². The number of guanidine groups is 1. The van der Waals surface area contributed by atoms with Crippen molar-refractivity contribution >= 4 is 29.9 Å². The van der Waals surface area contributed by atoms with Gasteiger partial charge in [-0.1, -0.05) is 6.07 Å². The van der Waals surface area contributed by atoms with Crippen molar-refractivity contribution < 1.29 is 13.9 Å². The quantitative estimate of drug-likeness (QED) is 0.291. The van der Waals surface area contributed by atoms with Crippen LogP contribution in [0.3, 0.4) is 0 Å². The lowest BCUT2D eigenvalue weighted by Gasteiger charge is -2.12. The summed E-state index contributed by atoms with van der Waals surface area (Å²) in [7, 11) is 3.15. The molecule has 0 saturated carbocycles. The molecule has 0 heterocycles. The van der Waals surface area contributed by atoms with Crippen molar-refractivity contribution in [1.29, 1.82) is 0 Å². The number of ether oxygens (including phenoxy) is 2. The Bertz CT molecular complexity index is 458. The number of rotatable bonds is 8. The third kappa shape index (κ3) is 7.79. The fourth-order valence-corrected chi connectivity index (χ4v) is 1.75. The van der Waals surface area contributed by atoms with E-state index in [0.717, 1.165) is 31.7 Å². The highest BCUT2D eigenvalue weighted by Crippen LogP contribution is 2.17. The lowest BCUT2D eigenvalue weighted by atomic mass is 10.2. The van der Waals surface area contributed by atoms with Crippen molar-refractivity contribution in [2.24, 2.45) is 4.99 Å². The van der Waals surface area contributed by atoms with Crippen LogP contribution in [-0.2, 0) is 11.3 Å². The minimum absolute atomic E-state index is 0. The van der Waals surface area contributed by atoms with Crippen LogP contribution in [-0.4, -0.2) is 39.9 Å². The Morgan fingerprint density at radius 1 is 1.32 bits per heavy atom. The van der Waals surface area contributed by atoms with Crippen molar-refractivity contribution in [3.8, 4) is 5.75 Å². The van der Waals surface area contributed by atoms with E-state index < -0.39 is 0 Å². The second kappa shape index (κ2) is 12.5. The Kier molecular flexibility index (Phi) is 11.8. The second-order valence-electron chi connectivity index (χ2n) is 4.37. The van der Waals surface area contributed by atoms with Gasteiger partial charge in [0, 0.05) is 33.4 Å². The summed E-state index contributed by atoms with van der Waals surface area (Å²) >= 11 is 0. The van der Waals surface area contributed by atoms with Gasteiger partial charge in [0.15, 0.2) is 17.5 Å². The molecular weight excluding hydrogens is 400 g/mol. The van der Waals surface area contributed by atoms with E-state index in [-0.39, 0.29) is 35.5 Å². The zero-order valence-electron chi connectivity index (χ0n) is 13.3. The summed E-state index contributed by atoms with van der Waals surface area (Å²) in [5.41, 5.74) is 0.825. The molecule has 7 heteroatoms. The maximum absolute atomic E-state index is 13.6. The highest BCUT2D eigenvalue weighted by atomic mass is 127. The van der Waals surface area contributed by atoms with E-state index in [4.69, 9.17) is 9.47 Å². The highest BCUT2D eigenvalue weighted by Gasteiger charge is 2.04. The van der Waals surface area contributed by atoms with Gasteiger partial charge in [0.25, 0.3) is 0 Å². The van der Waals surface area contributed by atoms with Gasteiger partial charge in [0.1, 0.15) is 0 Å². The van der Waals surface area contributed by atoms with Gasteiger partial charge >= 0.3 is 0 Å². The third-order valence-corrected chi connectivity index (χ3v) is 2.86. The van der Waals surface area contributed by atoms with Crippen LogP contribution in [0.25, 0.3) is 0 Å². The SMILES string of the molecule is CCOCCCNC(=NC)NCc1ccc(OC)c(F)c1.I. The molecule has 0 bridgehead atoms. The average molecular weight is 425 g/mol. The topological polar surface area (TPSA) is 54.9 Å². The predicted molar refractivity (Wildman–Crippen MR) is 97.7 cm³/mol. The van der Waals surface area contributed by atoms with Crippen molar-refractivity contribution in [2.75, 3.05) is 33.9 Å². The summed E-state index contributed by atoms with van der Waals surface area (Å²) in [5.74, 6) is 0.566. The van der Waals surface area contributed by atoms with Gasteiger partial charge in [-0.15, -0.1) is 24.0 Å². The van der Waals surface area contributed by atoms with Gasteiger partial charge in [0.2, 0.25) is 0 Å². The minimum Gasteiger partial charge on any atom is -0.494 e.